The van der Waals surface area contributed by atoms with Crippen LogP contribution in [0.25, 0.3) is 0 Å². The Morgan fingerprint density at radius 1 is 1.45 bits per heavy atom. The normalized spacial score (nSPS) is 13.6. The standard InChI is InChI=1S/C15H22F2N2O3/c1-4-8-15(3,9-20)19-14(21)18-12-10(2)6-5-7-11(12)22-13(16)17/h5-7,13,20H,4,8-9H2,1-3H3,(H2,18,19,21). The number of aliphatic hydroxyl groups is 1. The van der Waals surface area contributed by atoms with Crippen molar-refractivity contribution >= 4 is 11.7 Å². The zero-order valence-electron chi connectivity index (χ0n) is 13.0. The van der Waals surface area contributed by atoms with Crippen LogP contribution in [0, 0.1) is 6.92 Å². The van der Waals surface area contributed by atoms with E-state index in [1.807, 2.05) is 6.92 Å². The van der Waals surface area contributed by atoms with E-state index in [-0.39, 0.29) is 18.0 Å². The summed E-state index contributed by atoms with van der Waals surface area (Å²) in [7, 11) is 0. The maximum atomic E-state index is 12.4. The molecule has 0 saturated carbocycles. The van der Waals surface area contributed by atoms with E-state index >= 15 is 0 Å². The highest BCUT2D eigenvalue weighted by Gasteiger charge is 2.25. The Balaban J connectivity index is 2.88. The monoisotopic (exact) mass is 316 g/mol. The summed E-state index contributed by atoms with van der Waals surface area (Å²) in [5.74, 6) is -0.105. The lowest BCUT2D eigenvalue weighted by atomic mass is 9.98. The number of hydrogen-bond acceptors (Lipinski definition) is 3. The molecule has 1 aromatic rings. The molecule has 5 nitrogen and oxygen atoms in total. The number of benzene rings is 1. The topological polar surface area (TPSA) is 70.6 Å². The Morgan fingerprint density at radius 2 is 2.14 bits per heavy atom. The van der Waals surface area contributed by atoms with Crippen LogP contribution < -0.4 is 15.4 Å². The Bertz CT molecular complexity index is 512. The number of amides is 2. The molecule has 0 aromatic heterocycles. The van der Waals surface area contributed by atoms with Crippen LogP contribution in [0.15, 0.2) is 18.2 Å². The second-order valence-electron chi connectivity index (χ2n) is 5.37. The Hall–Kier alpha value is -1.89. The van der Waals surface area contributed by atoms with Crippen LogP contribution in [0.1, 0.15) is 32.3 Å². The number of halogens is 2. The van der Waals surface area contributed by atoms with Crippen molar-refractivity contribution in [2.75, 3.05) is 11.9 Å². The lowest BCUT2D eigenvalue weighted by molar-refractivity contribution is -0.0493. The van der Waals surface area contributed by atoms with Gasteiger partial charge in [-0.25, -0.2) is 4.79 Å². The molecule has 0 fully saturated rings. The predicted octanol–water partition coefficient (Wildman–Crippen LogP) is 3.27. The number of aryl methyl sites for hydroxylation is 1. The molecule has 22 heavy (non-hydrogen) atoms. The van der Waals surface area contributed by atoms with Gasteiger partial charge in [0.1, 0.15) is 5.75 Å². The first-order valence-corrected chi connectivity index (χ1v) is 7.05. The van der Waals surface area contributed by atoms with Gasteiger partial charge in [-0.3, -0.25) is 0 Å². The van der Waals surface area contributed by atoms with E-state index in [0.717, 1.165) is 6.42 Å². The van der Waals surface area contributed by atoms with E-state index in [1.165, 1.54) is 6.07 Å². The molecule has 1 rings (SSSR count). The van der Waals surface area contributed by atoms with Crippen molar-refractivity contribution in [2.24, 2.45) is 0 Å². The summed E-state index contributed by atoms with van der Waals surface area (Å²) >= 11 is 0. The molecule has 1 unspecified atom stereocenters. The number of para-hydroxylation sites is 1. The average molecular weight is 316 g/mol. The molecule has 0 aliphatic rings. The Labute approximate surface area is 128 Å². The first kappa shape index (κ1) is 18.2. The summed E-state index contributed by atoms with van der Waals surface area (Å²) in [5, 5.41) is 14.6. The summed E-state index contributed by atoms with van der Waals surface area (Å²) < 4.78 is 29.2. The van der Waals surface area contributed by atoms with Gasteiger partial charge in [-0.05, 0) is 31.9 Å². The van der Waals surface area contributed by atoms with Gasteiger partial charge in [-0.15, -0.1) is 0 Å². The lowest BCUT2D eigenvalue weighted by Crippen LogP contribution is -2.50. The fourth-order valence-corrected chi connectivity index (χ4v) is 2.15. The van der Waals surface area contributed by atoms with E-state index in [4.69, 9.17) is 0 Å². The predicted molar refractivity (Wildman–Crippen MR) is 80.4 cm³/mol. The first-order chi connectivity index (χ1) is 10.3. The van der Waals surface area contributed by atoms with E-state index < -0.39 is 18.2 Å². The Kier molecular flexibility index (Phi) is 6.55. The molecule has 0 aliphatic carbocycles. The molecule has 7 heteroatoms. The van der Waals surface area contributed by atoms with Crippen molar-refractivity contribution in [2.45, 2.75) is 45.8 Å². The average Bonchev–Trinajstić information content (AvgIpc) is 2.42. The second kappa shape index (κ2) is 7.93. The SMILES string of the molecule is CCCC(C)(CO)NC(=O)Nc1c(C)cccc1OC(F)F. The number of hydrogen-bond donors (Lipinski definition) is 3. The molecule has 1 aromatic carbocycles. The van der Waals surface area contributed by atoms with Crippen molar-refractivity contribution in [3.8, 4) is 5.75 Å². The van der Waals surface area contributed by atoms with E-state index in [1.54, 1.807) is 26.0 Å². The summed E-state index contributed by atoms with van der Waals surface area (Å²) in [4.78, 5) is 12.1. The molecular weight excluding hydrogens is 294 g/mol. The molecule has 0 aliphatic heterocycles. The van der Waals surface area contributed by atoms with Crippen LogP contribution in [-0.4, -0.2) is 29.9 Å². The summed E-state index contributed by atoms with van der Waals surface area (Å²) in [5.41, 5.74) is -0.00258. The van der Waals surface area contributed by atoms with Crippen molar-refractivity contribution < 1.29 is 23.4 Å². The number of urea groups is 1. The maximum Gasteiger partial charge on any atom is 0.387 e. The minimum absolute atomic E-state index is 0.105. The molecule has 3 N–H and O–H groups in total. The zero-order valence-corrected chi connectivity index (χ0v) is 13.0. The van der Waals surface area contributed by atoms with Gasteiger partial charge < -0.3 is 20.5 Å². The van der Waals surface area contributed by atoms with E-state index in [9.17, 15) is 18.7 Å². The summed E-state index contributed by atoms with van der Waals surface area (Å²) in [6, 6.07) is 4.00. The number of carbonyl (C=O) groups is 1. The van der Waals surface area contributed by atoms with Crippen LogP contribution in [0.3, 0.4) is 0 Å². The number of aliphatic hydroxyl groups excluding tert-OH is 1. The van der Waals surface area contributed by atoms with E-state index in [0.29, 0.717) is 12.0 Å². The quantitative estimate of drug-likeness (QED) is 0.723. The summed E-state index contributed by atoms with van der Waals surface area (Å²) in [6.07, 6.45) is 1.37. The molecule has 0 saturated heterocycles. The van der Waals surface area contributed by atoms with Crippen LogP contribution in [0.4, 0.5) is 19.3 Å². The van der Waals surface area contributed by atoms with Gasteiger partial charge in [-0.2, -0.15) is 8.78 Å². The van der Waals surface area contributed by atoms with Gasteiger partial charge in [0.15, 0.2) is 0 Å². The van der Waals surface area contributed by atoms with Crippen molar-refractivity contribution in [1.29, 1.82) is 0 Å². The molecule has 0 radical (unpaired) electrons. The van der Waals surface area contributed by atoms with Gasteiger partial charge in [0.2, 0.25) is 0 Å². The van der Waals surface area contributed by atoms with Crippen LogP contribution in [0.2, 0.25) is 0 Å². The van der Waals surface area contributed by atoms with Gasteiger partial charge in [0, 0.05) is 0 Å². The Morgan fingerprint density at radius 3 is 2.68 bits per heavy atom. The number of ether oxygens (including phenoxy) is 1. The third-order valence-corrected chi connectivity index (χ3v) is 3.26. The molecule has 0 bridgehead atoms. The number of carbonyl (C=O) groups excluding carboxylic acids is 1. The first-order valence-electron chi connectivity index (χ1n) is 7.05. The number of nitrogens with one attached hydrogen (secondary N) is 2. The van der Waals surface area contributed by atoms with Crippen molar-refractivity contribution in [3.63, 3.8) is 0 Å². The number of alkyl halides is 2. The molecule has 0 heterocycles. The molecule has 1 atom stereocenters. The number of rotatable bonds is 7. The fourth-order valence-electron chi connectivity index (χ4n) is 2.15. The molecular formula is C15H22F2N2O3. The summed E-state index contributed by atoms with van der Waals surface area (Å²) in [6.45, 7) is 2.12. The largest absolute Gasteiger partial charge is 0.433 e. The van der Waals surface area contributed by atoms with Gasteiger partial charge in [0.25, 0.3) is 0 Å². The van der Waals surface area contributed by atoms with Crippen LogP contribution in [0.5, 0.6) is 5.75 Å². The van der Waals surface area contributed by atoms with Crippen molar-refractivity contribution in [3.05, 3.63) is 23.8 Å². The second-order valence-corrected chi connectivity index (χ2v) is 5.37. The maximum absolute atomic E-state index is 12.4. The fraction of sp³-hybridized carbons (Fsp3) is 0.533. The number of anilines is 1. The third kappa shape index (κ3) is 5.14. The smallest absolute Gasteiger partial charge is 0.387 e. The highest BCUT2D eigenvalue weighted by atomic mass is 19.3. The van der Waals surface area contributed by atoms with E-state index in [2.05, 4.69) is 15.4 Å². The minimum Gasteiger partial charge on any atom is -0.433 e. The highest BCUT2D eigenvalue weighted by molar-refractivity contribution is 5.92. The highest BCUT2D eigenvalue weighted by Crippen LogP contribution is 2.29. The van der Waals surface area contributed by atoms with Crippen molar-refractivity contribution in [1.82, 2.24) is 5.32 Å². The molecule has 124 valence electrons. The molecule has 0 spiro atoms. The third-order valence-electron chi connectivity index (χ3n) is 3.26. The van der Waals surface area contributed by atoms with Crippen LogP contribution in [-0.2, 0) is 0 Å². The van der Waals surface area contributed by atoms with Gasteiger partial charge >= 0.3 is 12.6 Å². The molecule has 2 amide bonds. The van der Waals surface area contributed by atoms with Gasteiger partial charge in [0.05, 0.1) is 17.8 Å². The minimum atomic E-state index is -2.98. The van der Waals surface area contributed by atoms with Gasteiger partial charge in [-0.1, -0.05) is 25.5 Å². The lowest BCUT2D eigenvalue weighted by Gasteiger charge is -2.28. The van der Waals surface area contributed by atoms with Crippen LogP contribution >= 0.6 is 0 Å². The zero-order chi connectivity index (χ0) is 16.8.